The third-order valence-electron chi connectivity index (χ3n) is 2.84. The number of carbonyl (C=O) groups excluding carboxylic acids is 1. The Morgan fingerprint density at radius 1 is 1.43 bits per heavy atom. The van der Waals surface area contributed by atoms with E-state index in [-0.39, 0.29) is 0 Å². The van der Waals surface area contributed by atoms with Crippen molar-refractivity contribution < 1.29 is 9.21 Å². The summed E-state index contributed by atoms with van der Waals surface area (Å²) in [6, 6.07) is 9.95. The summed E-state index contributed by atoms with van der Waals surface area (Å²) in [4.78, 5) is 10.1. The maximum atomic E-state index is 8.94. The van der Waals surface area contributed by atoms with Gasteiger partial charge >= 0.3 is 0 Å². The molecule has 0 radical (unpaired) electrons. The molecule has 6 nitrogen and oxygen atoms in total. The highest BCUT2D eigenvalue weighted by atomic mass is 32.2. The lowest BCUT2D eigenvalue weighted by molar-refractivity contribution is -0.109. The summed E-state index contributed by atoms with van der Waals surface area (Å²) in [5.74, 6) is 12.0. The van der Waals surface area contributed by atoms with Gasteiger partial charge in [-0.25, -0.2) is 11.7 Å². The van der Waals surface area contributed by atoms with E-state index in [4.69, 9.17) is 15.1 Å². The van der Waals surface area contributed by atoms with Gasteiger partial charge in [0.1, 0.15) is 5.76 Å². The Morgan fingerprint density at radius 2 is 2.13 bits per heavy atom. The van der Waals surface area contributed by atoms with E-state index >= 15 is 0 Å². The molecule has 0 aliphatic carbocycles. The lowest BCUT2D eigenvalue weighted by Crippen LogP contribution is -2.25. The van der Waals surface area contributed by atoms with Crippen molar-refractivity contribution >= 4 is 29.4 Å². The molecule has 0 fully saturated rings. The third-order valence-corrected chi connectivity index (χ3v) is 3.99. The van der Waals surface area contributed by atoms with Gasteiger partial charge in [-0.05, 0) is 36.3 Å². The van der Waals surface area contributed by atoms with Crippen molar-refractivity contribution in [1.82, 2.24) is 5.43 Å². The van der Waals surface area contributed by atoms with Crippen LogP contribution in [0.3, 0.4) is 0 Å². The minimum atomic E-state index is 0.403. The van der Waals surface area contributed by atoms with Crippen LogP contribution in [0.5, 0.6) is 0 Å². The summed E-state index contributed by atoms with van der Waals surface area (Å²) in [7, 11) is 1.84. The zero-order chi connectivity index (χ0) is 17.2. The highest BCUT2D eigenvalue weighted by Crippen LogP contribution is 2.37. The maximum absolute atomic E-state index is 8.94. The molecule has 124 valence electrons. The number of hydrogen-bond acceptors (Lipinski definition) is 6. The fraction of sp³-hybridized carbons (Fsp3) is 0.188. The van der Waals surface area contributed by atoms with Crippen molar-refractivity contribution in [3.8, 4) is 0 Å². The topological polar surface area (TPSA) is 97.5 Å². The van der Waals surface area contributed by atoms with E-state index in [1.807, 2.05) is 38.2 Å². The number of allylic oxidation sites excluding steroid dienone is 1. The Kier molecular flexibility index (Phi) is 7.96. The fourth-order valence-corrected chi connectivity index (χ4v) is 3.04. The summed E-state index contributed by atoms with van der Waals surface area (Å²) in [6.45, 7) is 6.04. The highest BCUT2D eigenvalue weighted by molar-refractivity contribution is 7.98. The number of thioether (sulfide) groups is 1. The van der Waals surface area contributed by atoms with Gasteiger partial charge in [0.05, 0.1) is 17.7 Å². The van der Waals surface area contributed by atoms with Crippen molar-refractivity contribution in [3.63, 3.8) is 0 Å². The Labute approximate surface area is 140 Å². The lowest BCUT2D eigenvalue weighted by atomic mass is 10.1. The Morgan fingerprint density at radius 3 is 2.61 bits per heavy atom. The Hall–Kier alpha value is -2.22. The molecule has 0 unspecified atom stereocenters. The zero-order valence-corrected chi connectivity index (χ0v) is 14.1. The number of anilines is 1. The van der Waals surface area contributed by atoms with E-state index in [1.165, 1.54) is 0 Å². The lowest BCUT2D eigenvalue weighted by Gasteiger charge is -2.19. The molecule has 1 amide bonds. The highest BCUT2D eigenvalue weighted by Gasteiger charge is 2.12. The normalized spacial score (nSPS) is 9.57. The molecule has 2 rings (SSSR count). The summed E-state index contributed by atoms with van der Waals surface area (Å²) >= 11 is 1.71. The van der Waals surface area contributed by atoms with Crippen molar-refractivity contribution in [1.29, 1.82) is 0 Å². The second kappa shape index (κ2) is 9.73. The average molecular weight is 334 g/mol. The minimum Gasteiger partial charge on any atom is -0.468 e. The summed E-state index contributed by atoms with van der Waals surface area (Å²) in [5.41, 5.74) is 4.91. The van der Waals surface area contributed by atoms with Crippen LogP contribution in [0.15, 0.2) is 52.5 Å². The molecule has 0 aliphatic heterocycles. The van der Waals surface area contributed by atoms with Gasteiger partial charge < -0.3 is 9.43 Å². The Balaban J connectivity index is 0.000000593. The molecule has 1 heterocycles. The van der Waals surface area contributed by atoms with Crippen molar-refractivity contribution in [3.05, 3.63) is 54.5 Å². The van der Waals surface area contributed by atoms with Crippen molar-refractivity contribution in [2.75, 3.05) is 12.1 Å². The molecular weight excluding hydrogens is 312 g/mol. The second-order valence-corrected chi connectivity index (χ2v) is 5.68. The van der Waals surface area contributed by atoms with E-state index in [0.717, 1.165) is 33.2 Å². The smallest absolute Gasteiger partial charge is 0.221 e. The largest absolute Gasteiger partial charge is 0.468 e. The van der Waals surface area contributed by atoms with Crippen LogP contribution in [0, 0.1) is 0 Å². The number of hydrazine groups is 2. The third kappa shape index (κ3) is 5.82. The van der Waals surface area contributed by atoms with Gasteiger partial charge in [0.2, 0.25) is 6.41 Å². The molecule has 5 N–H and O–H groups in total. The van der Waals surface area contributed by atoms with E-state index in [2.05, 4.69) is 18.5 Å². The van der Waals surface area contributed by atoms with Gasteiger partial charge in [0.15, 0.2) is 0 Å². The number of nitrogens with two attached hydrogens (primary N) is 2. The SMILES string of the molecule is C=C(C)c1cccc(N(C)N)c1SCc1ccco1.NNC=O. The molecule has 0 bridgehead atoms. The van der Waals surface area contributed by atoms with E-state index in [1.54, 1.807) is 28.5 Å². The molecule has 1 aromatic carbocycles. The van der Waals surface area contributed by atoms with Gasteiger partial charge in [-0.2, -0.15) is 0 Å². The minimum absolute atomic E-state index is 0.403. The molecule has 23 heavy (non-hydrogen) atoms. The number of rotatable bonds is 6. The summed E-state index contributed by atoms with van der Waals surface area (Å²) in [5, 5.41) is 1.64. The quantitative estimate of drug-likeness (QED) is 0.247. The standard InChI is InChI=1S/C15H18N2OS.CH4N2O/c1-11(2)13-7-4-8-14(17(3)16)15(13)19-10-12-6-5-9-18-12;2-3-1-4/h4-9H,1,10,16H2,2-3H3;1H,2H2,(H,3,4). The van der Waals surface area contributed by atoms with Gasteiger partial charge in [0, 0.05) is 11.9 Å². The predicted octanol–water partition coefficient (Wildman–Crippen LogP) is 2.52. The second-order valence-electron chi connectivity index (χ2n) is 4.70. The van der Waals surface area contributed by atoms with Gasteiger partial charge in [0.25, 0.3) is 0 Å². The maximum Gasteiger partial charge on any atom is 0.221 e. The van der Waals surface area contributed by atoms with E-state index < -0.39 is 0 Å². The number of amides is 1. The van der Waals surface area contributed by atoms with Crippen LogP contribution in [0.2, 0.25) is 0 Å². The average Bonchev–Trinajstić information content (AvgIpc) is 3.06. The van der Waals surface area contributed by atoms with Crippen molar-refractivity contribution in [2.24, 2.45) is 11.7 Å². The predicted molar refractivity (Wildman–Crippen MR) is 95.4 cm³/mol. The number of hydrogen-bond donors (Lipinski definition) is 3. The summed E-state index contributed by atoms with van der Waals surface area (Å²) < 4.78 is 5.37. The first-order valence-electron chi connectivity index (χ1n) is 6.83. The monoisotopic (exact) mass is 334 g/mol. The van der Waals surface area contributed by atoms with E-state index in [0.29, 0.717) is 6.41 Å². The van der Waals surface area contributed by atoms with Crippen LogP contribution >= 0.6 is 11.8 Å². The Bertz CT molecular complexity index is 627. The van der Waals surface area contributed by atoms with Crippen LogP contribution in [0.1, 0.15) is 18.2 Å². The van der Waals surface area contributed by atoms with E-state index in [9.17, 15) is 0 Å². The molecule has 1 aromatic heterocycles. The number of nitrogens with one attached hydrogen (secondary N) is 1. The molecule has 0 saturated heterocycles. The van der Waals surface area contributed by atoms with Crippen LogP contribution in [-0.2, 0) is 10.5 Å². The summed E-state index contributed by atoms with van der Waals surface area (Å²) in [6.07, 6.45) is 2.09. The number of carbonyl (C=O) groups is 1. The van der Waals surface area contributed by atoms with Crippen LogP contribution in [-0.4, -0.2) is 13.5 Å². The molecule has 0 aliphatic rings. The number of nitrogens with zero attached hydrogens (tertiary/aromatic N) is 1. The molecule has 2 aromatic rings. The molecule has 0 spiro atoms. The van der Waals surface area contributed by atoms with Gasteiger partial charge in [-0.3, -0.25) is 10.2 Å². The molecule has 0 atom stereocenters. The number of benzene rings is 1. The zero-order valence-electron chi connectivity index (χ0n) is 13.3. The van der Waals surface area contributed by atoms with Gasteiger partial charge in [-0.1, -0.05) is 18.7 Å². The van der Waals surface area contributed by atoms with Crippen molar-refractivity contribution in [2.45, 2.75) is 17.6 Å². The first-order valence-corrected chi connectivity index (χ1v) is 7.82. The van der Waals surface area contributed by atoms with Crippen LogP contribution in [0.4, 0.5) is 5.69 Å². The molecular formula is C16H22N4O2S. The number of furan rings is 1. The first kappa shape index (κ1) is 18.8. The van der Waals surface area contributed by atoms with Gasteiger partial charge in [-0.15, -0.1) is 11.8 Å². The fourth-order valence-electron chi connectivity index (χ4n) is 1.83. The van der Waals surface area contributed by atoms with Crippen LogP contribution < -0.4 is 22.1 Å². The first-order chi connectivity index (χ1) is 11.0. The molecule has 7 heteroatoms. The van der Waals surface area contributed by atoms with Crippen LogP contribution in [0.25, 0.3) is 5.57 Å². The molecule has 0 saturated carbocycles.